The van der Waals surface area contributed by atoms with E-state index in [0.717, 1.165) is 11.8 Å². The van der Waals surface area contributed by atoms with Crippen LogP contribution in [-0.4, -0.2) is 32.7 Å². The predicted octanol–water partition coefficient (Wildman–Crippen LogP) is 4.13. The van der Waals surface area contributed by atoms with E-state index in [0.29, 0.717) is 26.3 Å². The lowest BCUT2D eigenvalue weighted by molar-refractivity contribution is -0.126. The van der Waals surface area contributed by atoms with Crippen LogP contribution in [0.25, 0.3) is 6.08 Å². The molecule has 1 aliphatic rings. The monoisotopic (exact) mass is 427 g/mol. The molecule has 0 saturated carbocycles. The first-order valence-electron chi connectivity index (χ1n) is 7.27. The summed E-state index contributed by atoms with van der Waals surface area (Å²) < 4.78 is 5.15. The molecule has 2 aromatic rings. The van der Waals surface area contributed by atoms with Gasteiger partial charge in [0.05, 0.1) is 4.91 Å². The van der Waals surface area contributed by atoms with E-state index in [4.69, 9.17) is 39.9 Å². The van der Waals surface area contributed by atoms with Crippen LogP contribution in [0.15, 0.2) is 33.7 Å². The second-order valence-electron chi connectivity index (χ2n) is 5.27. The van der Waals surface area contributed by atoms with Crippen LogP contribution in [0.1, 0.15) is 11.3 Å². The molecule has 0 atom stereocenters. The number of anilines is 1. The fraction of sp³-hybridized carbons (Fsp3) is 0.125. The van der Waals surface area contributed by atoms with E-state index in [1.54, 1.807) is 37.3 Å². The highest BCUT2D eigenvalue weighted by molar-refractivity contribution is 8.26. The maximum absolute atomic E-state index is 12.6. The van der Waals surface area contributed by atoms with Gasteiger partial charge in [-0.3, -0.25) is 14.5 Å². The van der Waals surface area contributed by atoms with E-state index in [1.807, 2.05) is 0 Å². The quantitative estimate of drug-likeness (QED) is 0.583. The number of aromatic nitrogens is 1. The van der Waals surface area contributed by atoms with E-state index in [-0.39, 0.29) is 22.6 Å². The number of thioether (sulfide) groups is 1. The number of hydrogen-bond donors (Lipinski definition) is 1. The Balaban J connectivity index is 1.74. The molecular formula is C16H11Cl2N3O3S2. The smallest absolute Gasteiger partial charge is 0.266 e. The molecule has 0 unspecified atom stereocenters. The SMILES string of the molecule is Cc1cc(NC(=O)CN2C(=O)/C(=C/c3c(Cl)cccc3Cl)SC2=S)no1. The molecule has 1 aromatic carbocycles. The van der Waals surface area contributed by atoms with Crippen molar-refractivity contribution in [3.05, 3.63) is 50.5 Å². The van der Waals surface area contributed by atoms with Gasteiger partial charge in [-0.25, -0.2) is 0 Å². The van der Waals surface area contributed by atoms with Gasteiger partial charge in [-0.05, 0) is 25.1 Å². The molecule has 2 heterocycles. The Labute approximate surface area is 168 Å². The number of carbonyl (C=O) groups is 2. The molecule has 26 heavy (non-hydrogen) atoms. The minimum atomic E-state index is -0.438. The Kier molecular flexibility index (Phi) is 5.67. The van der Waals surface area contributed by atoms with Crippen molar-refractivity contribution < 1.29 is 14.1 Å². The Morgan fingerprint density at radius 3 is 2.73 bits per heavy atom. The molecule has 2 amide bonds. The van der Waals surface area contributed by atoms with Crippen molar-refractivity contribution in [2.45, 2.75) is 6.92 Å². The van der Waals surface area contributed by atoms with Gasteiger partial charge in [0.15, 0.2) is 5.82 Å². The van der Waals surface area contributed by atoms with Gasteiger partial charge in [0.1, 0.15) is 16.6 Å². The van der Waals surface area contributed by atoms with Crippen LogP contribution < -0.4 is 5.32 Å². The van der Waals surface area contributed by atoms with Crippen LogP contribution >= 0.6 is 47.2 Å². The Morgan fingerprint density at radius 2 is 2.12 bits per heavy atom. The average molecular weight is 428 g/mol. The van der Waals surface area contributed by atoms with Crippen LogP contribution in [0.5, 0.6) is 0 Å². The molecule has 6 nitrogen and oxygen atoms in total. The molecule has 134 valence electrons. The number of nitrogens with zero attached hydrogens (tertiary/aromatic N) is 2. The Morgan fingerprint density at radius 1 is 1.42 bits per heavy atom. The summed E-state index contributed by atoms with van der Waals surface area (Å²) in [5, 5.41) is 7.05. The number of amides is 2. The number of benzene rings is 1. The van der Waals surface area contributed by atoms with Gasteiger partial charge in [0.25, 0.3) is 5.91 Å². The van der Waals surface area contributed by atoms with E-state index >= 15 is 0 Å². The van der Waals surface area contributed by atoms with Gasteiger partial charge in [-0.2, -0.15) is 0 Å². The van der Waals surface area contributed by atoms with Crippen LogP contribution in [0.3, 0.4) is 0 Å². The van der Waals surface area contributed by atoms with E-state index < -0.39 is 5.91 Å². The van der Waals surface area contributed by atoms with Crippen LogP contribution in [0.4, 0.5) is 5.82 Å². The van der Waals surface area contributed by atoms with Crippen molar-refractivity contribution in [1.82, 2.24) is 10.1 Å². The second-order valence-corrected chi connectivity index (χ2v) is 7.76. The molecule has 1 fully saturated rings. The predicted molar refractivity (Wildman–Crippen MR) is 106 cm³/mol. The third-order valence-corrected chi connectivity index (χ3v) is 5.38. The van der Waals surface area contributed by atoms with Crippen molar-refractivity contribution in [1.29, 1.82) is 0 Å². The molecule has 1 aromatic heterocycles. The normalized spacial score (nSPS) is 15.8. The van der Waals surface area contributed by atoms with Crippen molar-refractivity contribution in [3.63, 3.8) is 0 Å². The molecule has 3 rings (SSSR count). The zero-order chi connectivity index (χ0) is 18.8. The van der Waals surface area contributed by atoms with Crippen molar-refractivity contribution >= 4 is 75.2 Å². The largest absolute Gasteiger partial charge is 0.360 e. The maximum Gasteiger partial charge on any atom is 0.266 e. The van der Waals surface area contributed by atoms with Crippen LogP contribution in [-0.2, 0) is 9.59 Å². The highest BCUT2D eigenvalue weighted by Crippen LogP contribution is 2.35. The molecule has 0 radical (unpaired) electrons. The first-order chi connectivity index (χ1) is 12.3. The van der Waals surface area contributed by atoms with Gasteiger partial charge in [0, 0.05) is 21.7 Å². The number of nitrogens with one attached hydrogen (secondary N) is 1. The lowest BCUT2D eigenvalue weighted by Gasteiger charge is -2.13. The molecule has 10 heteroatoms. The molecule has 0 aliphatic carbocycles. The number of halogens is 2. The standard InChI is InChI=1S/C16H11Cl2N3O3S2/c1-8-5-13(20-24-8)19-14(22)7-21-15(23)12(26-16(21)25)6-9-10(17)3-2-4-11(9)18/h2-6H,7H2,1H3,(H,19,20,22)/b12-6-. The highest BCUT2D eigenvalue weighted by atomic mass is 35.5. The number of hydrogen-bond acceptors (Lipinski definition) is 6. The lowest BCUT2D eigenvalue weighted by atomic mass is 10.2. The topological polar surface area (TPSA) is 75.4 Å². The first-order valence-corrected chi connectivity index (χ1v) is 9.26. The molecule has 0 spiro atoms. The molecular weight excluding hydrogens is 417 g/mol. The summed E-state index contributed by atoms with van der Waals surface area (Å²) in [5.74, 6) is 0.0101. The van der Waals surface area contributed by atoms with E-state index in [2.05, 4.69) is 10.5 Å². The maximum atomic E-state index is 12.6. The summed E-state index contributed by atoms with van der Waals surface area (Å²) in [6.45, 7) is 1.47. The zero-order valence-corrected chi connectivity index (χ0v) is 16.4. The Hall–Kier alpha value is -1.87. The summed E-state index contributed by atoms with van der Waals surface area (Å²) in [6.07, 6.45) is 1.57. The molecule has 1 aliphatic heterocycles. The van der Waals surface area contributed by atoms with Crippen molar-refractivity contribution in [3.8, 4) is 0 Å². The molecule has 1 saturated heterocycles. The van der Waals surface area contributed by atoms with E-state index in [1.165, 1.54) is 4.90 Å². The summed E-state index contributed by atoms with van der Waals surface area (Å²) in [6, 6.07) is 6.63. The van der Waals surface area contributed by atoms with Gasteiger partial charge in [-0.15, -0.1) is 0 Å². The summed E-state index contributed by atoms with van der Waals surface area (Å²) in [4.78, 5) is 26.3. The first kappa shape index (κ1) is 18.9. The van der Waals surface area contributed by atoms with Gasteiger partial charge in [0.2, 0.25) is 5.91 Å². The highest BCUT2D eigenvalue weighted by Gasteiger charge is 2.33. The summed E-state index contributed by atoms with van der Waals surface area (Å²) in [7, 11) is 0. The zero-order valence-electron chi connectivity index (χ0n) is 13.3. The summed E-state index contributed by atoms with van der Waals surface area (Å²) >= 11 is 18.6. The van der Waals surface area contributed by atoms with Gasteiger partial charge in [-0.1, -0.05) is 58.4 Å². The number of carbonyl (C=O) groups excluding carboxylic acids is 2. The molecule has 0 bridgehead atoms. The van der Waals surface area contributed by atoms with Crippen molar-refractivity contribution in [2.75, 3.05) is 11.9 Å². The fourth-order valence-electron chi connectivity index (χ4n) is 2.17. The minimum Gasteiger partial charge on any atom is -0.360 e. The minimum absolute atomic E-state index is 0.232. The number of thiocarbonyl (C=S) groups is 1. The lowest BCUT2D eigenvalue weighted by Crippen LogP contribution is -2.36. The Bertz CT molecular complexity index is 922. The van der Waals surface area contributed by atoms with Gasteiger partial charge < -0.3 is 9.84 Å². The average Bonchev–Trinajstić information content (AvgIpc) is 3.09. The number of aryl methyl sites for hydroxylation is 1. The molecule has 1 N–H and O–H groups in total. The van der Waals surface area contributed by atoms with Crippen molar-refractivity contribution in [2.24, 2.45) is 0 Å². The summed E-state index contributed by atoms with van der Waals surface area (Å²) in [5.41, 5.74) is 0.527. The van der Waals surface area contributed by atoms with Crippen LogP contribution in [0.2, 0.25) is 10.0 Å². The third-order valence-electron chi connectivity index (χ3n) is 3.35. The van der Waals surface area contributed by atoms with Gasteiger partial charge >= 0.3 is 0 Å². The number of rotatable bonds is 4. The third kappa shape index (κ3) is 4.09. The van der Waals surface area contributed by atoms with E-state index in [9.17, 15) is 9.59 Å². The fourth-order valence-corrected chi connectivity index (χ4v) is 3.91. The second kappa shape index (κ2) is 7.79. The van der Waals surface area contributed by atoms with Crippen LogP contribution in [0, 0.1) is 6.92 Å².